The SMILES string of the molecule is CC(C)(C)c1c(O)cccc1I. The molecular formula is C10H13IO. The molecule has 0 unspecified atom stereocenters. The molecule has 0 bridgehead atoms. The number of rotatable bonds is 0. The molecule has 0 radical (unpaired) electrons. The Morgan fingerprint density at radius 3 is 2.17 bits per heavy atom. The molecule has 0 aliphatic rings. The monoisotopic (exact) mass is 276 g/mol. The van der Waals surface area contributed by atoms with Crippen LogP contribution in [0, 0.1) is 3.57 Å². The lowest BCUT2D eigenvalue weighted by Gasteiger charge is -2.21. The molecule has 1 rings (SSSR count). The van der Waals surface area contributed by atoms with Crippen LogP contribution in [-0.2, 0) is 5.41 Å². The molecule has 0 aromatic heterocycles. The Morgan fingerprint density at radius 2 is 1.83 bits per heavy atom. The van der Waals surface area contributed by atoms with Crippen LogP contribution in [0.4, 0.5) is 0 Å². The Balaban J connectivity index is 3.31. The van der Waals surface area contributed by atoms with E-state index in [0.717, 1.165) is 9.13 Å². The lowest BCUT2D eigenvalue weighted by Crippen LogP contribution is -2.13. The van der Waals surface area contributed by atoms with Crippen LogP contribution in [0.25, 0.3) is 0 Å². The molecule has 0 aliphatic carbocycles. The van der Waals surface area contributed by atoms with Crippen LogP contribution in [0.5, 0.6) is 5.75 Å². The lowest BCUT2D eigenvalue weighted by molar-refractivity contribution is 0.445. The Hall–Kier alpha value is -0.250. The first-order valence-corrected chi connectivity index (χ1v) is 4.99. The zero-order valence-corrected chi connectivity index (χ0v) is 9.71. The molecule has 0 saturated heterocycles. The molecule has 66 valence electrons. The minimum atomic E-state index is 0.0157. The maximum absolute atomic E-state index is 9.62. The molecular weight excluding hydrogens is 263 g/mol. The van der Waals surface area contributed by atoms with Crippen molar-refractivity contribution in [3.63, 3.8) is 0 Å². The van der Waals surface area contributed by atoms with Gasteiger partial charge >= 0.3 is 0 Å². The Morgan fingerprint density at radius 1 is 1.25 bits per heavy atom. The van der Waals surface area contributed by atoms with Crippen LogP contribution >= 0.6 is 22.6 Å². The van der Waals surface area contributed by atoms with E-state index in [2.05, 4.69) is 43.4 Å². The minimum Gasteiger partial charge on any atom is -0.508 e. The fourth-order valence-electron chi connectivity index (χ4n) is 1.26. The van der Waals surface area contributed by atoms with Crippen molar-refractivity contribution in [2.45, 2.75) is 26.2 Å². The van der Waals surface area contributed by atoms with E-state index < -0.39 is 0 Å². The molecule has 1 aromatic carbocycles. The van der Waals surface area contributed by atoms with E-state index in [0.29, 0.717) is 5.75 Å². The standard InChI is InChI=1S/C10H13IO/c1-10(2,3)9-7(11)5-4-6-8(9)12/h4-6,12H,1-3H3. The van der Waals surface area contributed by atoms with Gasteiger partial charge in [0.2, 0.25) is 0 Å². The molecule has 0 heterocycles. The van der Waals surface area contributed by atoms with E-state index in [-0.39, 0.29) is 5.41 Å². The maximum atomic E-state index is 9.62. The maximum Gasteiger partial charge on any atom is 0.120 e. The van der Waals surface area contributed by atoms with Crippen LogP contribution in [-0.4, -0.2) is 5.11 Å². The third kappa shape index (κ3) is 1.91. The Labute approximate surface area is 86.9 Å². The Bertz CT molecular complexity index is 266. The fraction of sp³-hybridized carbons (Fsp3) is 0.400. The molecule has 1 aromatic rings. The molecule has 0 atom stereocenters. The predicted octanol–water partition coefficient (Wildman–Crippen LogP) is 3.29. The summed E-state index contributed by atoms with van der Waals surface area (Å²) in [6.07, 6.45) is 0. The van der Waals surface area contributed by atoms with Gasteiger partial charge in [0.1, 0.15) is 5.75 Å². The van der Waals surface area contributed by atoms with Gasteiger partial charge in [-0.25, -0.2) is 0 Å². The van der Waals surface area contributed by atoms with Gasteiger partial charge in [-0.3, -0.25) is 0 Å². The minimum absolute atomic E-state index is 0.0157. The Kier molecular flexibility index (Phi) is 2.66. The number of benzene rings is 1. The first-order valence-electron chi connectivity index (χ1n) is 3.91. The highest BCUT2D eigenvalue weighted by Crippen LogP contribution is 2.33. The zero-order chi connectivity index (χ0) is 9.35. The van der Waals surface area contributed by atoms with Crippen LogP contribution in [0.1, 0.15) is 26.3 Å². The molecule has 0 amide bonds. The summed E-state index contributed by atoms with van der Waals surface area (Å²) in [7, 11) is 0. The number of halogens is 1. The van der Waals surface area contributed by atoms with E-state index in [1.54, 1.807) is 6.07 Å². The highest BCUT2D eigenvalue weighted by Gasteiger charge is 2.20. The zero-order valence-electron chi connectivity index (χ0n) is 7.56. The van der Waals surface area contributed by atoms with E-state index in [9.17, 15) is 5.11 Å². The topological polar surface area (TPSA) is 20.2 Å². The smallest absolute Gasteiger partial charge is 0.120 e. The average Bonchev–Trinajstić information content (AvgIpc) is 1.82. The van der Waals surface area contributed by atoms with Crippen molar-refractivity contribution in [2.24, 2.45) is 0 Å². The van der Waals surface area contributed by atoms with E-state index in [1.165, 1.54) is 0 Å². The largest absolute Gasteiger partial charge is 0.508 e. The van der Waals surface area contributed by atoms with Gasteiger partial charge in [-0.1, -0.05) is 26.8 Å². The van der Waals surface area contributed by atoms with Crippen molar-refractivity contribution >= 4 is 22.6 Å². The third-order valence-corrected chi connectivity index (χ3v) is 2.64. The fourth-order valence-corrected chi connectivity index (χ4v) is 2.55. The van der Waals surface area contributed by atoms with Crippen molar-refractivity contribution in [3.05, 3.63) is 27.3 Å². The molecule has 0 spiro atoms. The quantitative estimate of drug-likeness (QED) is 0.721. The van der Waals surface area contributed by atoms with E-state index in [4.69, 9.17) is 0 Å². The highest BCUT2D eigenvalue weighted by molar-refractivity contribution is 14.1. The summed E-state index contributed by atoms with van der Waals surface area (Å²) in [6.45, 7) is 6.30. The molecule has 2 heteroatoms. The summed E-state index contributed by atoms with van der Waals surface area (Å²) >= 11 is 2.25. The van der Waals surface area contributed by atoms with Crippen LogP contribution in [0.2, 0.25) is 0 Å². The summed E-state index contributed by atoms with van der Waals surface area (Å²) in [5.74, 6) is 0.398. The highest BCUT2D eigenvalue weighted by atomic mass is 127. The predicted molar refractivity (Wildman–Crippen MR) is 59.5 cm³/mol. The molecule has 1 N–H and O–H groups in total. The van der Waals surface area contributed by atoms with Gasteiger partial charge in [0.05, 0.1) is 0 Å². The summed E-state index contributed by atoms with van der Waals surface area (Å²) in [5, 5.41) is 9.62. The van der Waals surface area contributed by atoms with Crippen LogP contribution in [0.15, 0.2) is 18.2 Å². The van der Waals surface area contributed by atoms with E-state index in [1.807, 2.05) is 12.1 Å². The lowest BCUT2D eigenvalue weighted by atomic mass is 9.86. The van der Waals surface area contributed by atoms with E-state index >= 15 is 0 Å². The molecule has 0 saturated carbocycles. The average molecular weight is 276 g/mol. The molecule has 0 aliphatic heterocycles. The number of hydrogen-bond donors (Lipinski definition) is 1. The second kappa shape index (κ2) is 3.24. The summed E-state index contributed by atoms with van der Waals surface area (Å²) in [5.41, 5.74) is 1.05. The molecule has 12 heavy (non-hydrogen) atoms. The van der Waals surface area contributed by atoms with Gasteiger partial charge in [0.25, 0.3) is 0 Å². The van der Waals surface area contributed by atoms with Gasteiger partial charge in [0.15, 0.2) is 0 Å². The van der Waals surface area contributed by atoms with Crippen LogP contribution in [0.3, 0.4) is 0 Å². The first-order chi connectivity index (χ1) is 5.43. The molecule has 0 fully saturated rings. The summed E-state index contributed by atoms with van der Waals surface area (Å²) in [6, 6.07) is 5.62. The van der Waals surface area contributed by atoms with Gasteiger partial charge in [-0.05, 0) is 40.1 Å². The molecule has 1 nitrogen and oxygen atoms in total. The number of phenolic OH excluding ortho intramolecular Hbond substituents is 1. The number of aromatic hydroxyl groups is 1. The van der Waals surface area contributed by atoms with Gasteiger partial charge in [0, 0.05) is 9.13 Å². The van der Waals surface area contributed by atoms with Crippen molar-refractivity contribution in [1.29, 1.82) is 0 Å². The van der Waals surface area contributed by atoms with Crippen LogP contribution < -0.4 is 0 Å². The van der Waals surface area contributed by atoms with Gasteiger partial charge in [-0.15, -0.1) is 0 Å². The summed E-state index contributed by atoms with van der Waals surface area (Å²) in [4.78, 5) is 0. The second-order valence-corrected chi connectivity index (χ2v) is 5.05. The number of hydrogen-bond acceptors (Lipinski definition) is 1. The van der Waals surface area contributed by atoms with Gasteiger partial charge < -0.3 is 5.11 Å². The number of phenols is 1. The van der Waals surface area contributed by atoms with Gasteiger partial charge in [-0.2, -0.15) is 0 Å². The van der Waals surface area contributed by atoms with Crippen molar-refractivity contribution < 1.29 is 5.11 Å². The normalized spacial score (nSPS) is 11.7. The van der Waals surface area contributed by atoms with Crippen molar-refractivity contribution in [3.8, 4) is 5.75 Å². The first kappa shape index (κ1) is 9.84. The van der Waals surface area contributed by atoms with Crippen molar-refractivity contribution in [1.82, 2.24) is 0 Å². The van der Waals surface area contributed by atoms with Crippen molar-refractivity contribution in [2.75, 3.05) is 0 Å². The third-order valence-electron chi connectivity index (χ3n) is 1.74. The summed E-state index contributed by atoms with van der Waals surface area (Å²) < 4.78 is 1.13. The second-order valence-electron chi connectivity index (χ2n) is 3.88.